The minimum absolute atomic E-state index is 0.330. The van der Waals surface area contributed by atoms with Crippen molar-refractivity contribution in [3.63, 3.8) is 0 Å². The van der Waals surface area contributed by atoms with Gasteiger partial charge in [0, 0.05) is 19.8 Å². The average Bonchev–Trinajstić information content (AvgIpc) is 2.10. The Morgan fingerprint density at radius 1 is 0.917 bits per heavy atom. The Labute approximate surface area is 75.9 Å². The molecule has 0 aliphatic rings. The molecule has 0 saturated heterocycles. The molecule has 0 aliphatic carbocycles. The van der Waals surface area contributed by atoms with Crippen LogP contribution >= 0.6 is 0 Å². The molecule has 0 bridgehead atoms. The highest BCUT2D eigenvalue weighted by Gasteiger charge is 1.89. The molecule has 0 atom stereocenters. The summed E-state index contributed by atoms with van der Waals surface area (Å²) in [5.74, 6) is 0. The van der Waals surface area contributed by atoms with E-state index in [2.05, 4.69) is 6.92 Å². The second-order valence-electron chi connectivity index (χ2n) is 3.10. The first kappa shape index (κ1) is 11.9. The van der Waals surface area contributed by atoms with E-state index < -0.39 is 0 Å². The maximum Gasteiger partial charge on any atom is 0.0466 e. The zero-order valence-electron chi connectivity index (χ0n) is 8.22. The van der Waals surface area contributed by atoms with Gasteiger partial charge in [0.1, 0.15) is 0 Å². The molecular formula is C10H22O2. The molecule has 0 saturated carbocycles. The van der Waals surface area contributed by atoms with Crippen LogP contribution in [0.15, 0.2) is 0 Å². The number of hydrogen-bond donors (Lipinski definition) is 1. The Bertz CT molecular complexity index is 64.2. The van der Waals surface area contributed by atoms with Gasteiger partial charge in [0.15, 0.2) is 0 Å². The standard InChI is InChI=1S/C10H22O2/c1-2-3-9-12-10-7-5-4-6-8-11/h11H,2-10H2,1H3. The van der Waals surface area contributed by atoms with Crippen LogP contribution in [-0.2, 0) is 4.74 Å². The molecule has 1 N–H and O–H groups in total. The highest BCUT2D eigenvalue weighted by molar-refractivity contribution is 4.41. The van der Waals surface area contributed by atoms with Crippen molar-refractivity contribution in [2.24, 2.45) is 0 Å². The molecule has 74 valence electrons. The van der Waals surface area contributed by atoms with E-state index in [9.17, 15) is 0 Å². The van der Waals surface area contributed by atoms with E-state index in [1.165, 1.54) is 19.3 Å². The fourth-order valence-corrected chi connectivity index (χ4v) is 1.02. The first-order valence-corrected chi connectivity index (χ1v) is 5.10. The summed E-state index contributed by atoms with van der Waals surface area (Å²) in [4.78, 5) is 0. The Morgan fingerprint density at radius 3 is 2.25 bits per heavy atom. The molecule has 0 rings (SSSR count). The summed E-state index contributed by atoms with van der Waals surface area (Å²) in [5.41, 5.74) is 0. The number of aliphatic hydroxyl groups excluding tert-OH is 1. The highest BCUT2D eigenvalue weighted by atomic mass is 16.5. The van der Waals surface area contributed by atoms with Gasteiger partial charge in [-0.05, 0) is 19.3 Å². The molecule has 0 heterocycles. The van der Waals surface area contributed by atoms with Gasteiger partial charge in [0.05, 0.1) is 0 Å². The molecule has 2 heteroatoms. The third-order valence-electron chi connectivity index (χ3n) is 1.84. The normalized spacial score (nSPS) is 10.5. The number of aliphatic hydroxyl groups is 1. The third-order valence-corrected chi connectivity index (χ3v) is 1.84. The van der Waals surface area contributed by atoms with E-state index in [1.807, 2.05) is 0 Å². The van der Waals surface area contributed by atoms with Gasteiger partial charge in [0.25, 0.3) is 0 Å². The van der Waals surface area contributed by atoms with Crippen molar-refractivity contribution in [3.8, 4) is 0 Å². The zero-order chi connectivity index (χ0) is 9.07. The lowest BCUT2D eigenvalue weighted by Gasteiger charge is -2.02. The van der Waals surface area contributed by atoms with Crippen molar-refractivity contribution in [2.75, 3.05) is 19.8 Å². The summed E-state index contributed by atoms with van der Waals surface area (Å²) in [6, 6.07) is 0. The van der Waals surface area contributed by atoms with Crippen LogP contribution in [0.5, 0.6) is 0 Å². The predicted molar refractivity (Wildman–Crippen MR) is 51.3 cm³/mol. The topological polar surface area (TPSA) is 29.5 Å². The summed E-state index contributed by atoms with van der Waals surface area (Å²) >= 11 is 0. The second-order valence-corrected chi connectivity index (χ2v) is 3.10. The number of unbranched alkanes of at least 4 members (excludes halogenated alkanes) is 4. The minimum Gasteiger partial charge on any atom is -0.396 e. The van der Waals surface area contributed by atoms with Gasteiger partial charge in [-0.15, -0.1) is 0 Å². The highest BCUT2D eigenvalue weighted by Crippen LogP contribution is 1.99. The smallest absolute Gasteiger partial charge is 0.0466 e. The van der Waals surface area contributed by atoms with Crippen LogP contribution < -0.4 is 0 Å². The molecule has 0 aliphatic heterocycles. The van der Waals surface area contributed by atoms with Gasteiger partial charge in [-0.3, -0.25) is 0 Å². The Balaban J connectivity index is 2.73. The first-order valence-electron chi connectivity index (χ1n) is 5.10. The van der Waals surface area contributed by atoms with Gasteiger partial charge in [0.2, 0.25) is 0 Å². The predicted octanol–water partition coefficient (Wildman–Crippen LogP) is 2.36. The molecule has 0 amide bonds. The monoisotopic (exact) mass is 174 g/mol. The maximum absolute atomic E-state index is 8.51. The summed E-state index contributed by atoms with van der Waals surface area (Å²) in [6.07, 6.45) is 6.79. The molecule has 12 heavy (non-hydrogen) atoms. The fourth-order valence-electron chi connectivity index (χ4n) is 1.02. The lowest BCUT2D eigenvalue weighted by molar-refractivity contribution is 0.126. The van der Waals surface area contributed by atoms with Crippen LogP contribution in [0, 0.1) is 0 Å². The van der Waals surface area contributed by atoms with Gasteiger partial charge in [-0.2, -0.15) is 0 Å². The Morgan fingerprint density at radius 2 is 1.58 bits per heavy atom. The quantitative estimate of drug-likeness (QED) is 0.544. The SMILES string of the molecule is CCCCOCCCCCCO. The van der Waals surface area contributed by atoms with Crippen LogP contribution in [0.1, 0.15) is 45.4 Å². The molecule has 0 fully saturated rings. The van der Waals surface area contributed by atoms with Crippen LogP contribution in [0.3, 0.4) is 0 Å². The molecule has 2 nitrogen and oxygen atoms in total. The van der Waals surface area contributed by atoms with Crippen LogP contribution in [0.25, 0.3) is 0 Å². The number of rotatable bonds is 9. The molecule has 0 aromatic rings. The van der Waals surface area contributed by atoms with Crippen molar-refractivity contribution in [1.82, 2.24) is 0 Å². The van der Waals surface area contributed by atoms with Gasteiger partial charge in [-0.25, -0.2) is 0 Å². The largest absolute Gasteiger partial charge is 0.396 e. The maximum atomic E-state index is 8.51. The van der Waals surface area contributed by atoms with Crippen molar-refractivity contribution in [2.45, 2.75) is 45.4 Å². The zero-order valence-corrected chi connectivity index (χ0v) is 8.22. The lowest BCUT2D eigenvalue weighted by Crippen LogP contribution is -1.96. The number of hydrogen-bond acceptors (Lipinski definition) is 2. The minimum atomic E-state index is 0.330. The van der Waals surface area contributed by atoms with E-state index in [4.69, 9.17) is 9.84 Å². The molecule has 0 spiro atoms. The van der Waals surface area contributed by atoms with Crippen LogP contribution in [-0.4, -0.2) is 24.9 Å². The lowest BCUT2D eigenvalue weighted by atomic mass is 10.2. The molecule has 0 aromatic heterocycles. The van der Waals surface area contributed by atoms with E-state index >= 15 is 0 Å². The molecular weight excluding hydrogens is 152 g/mol. The molecule has 0 unspecified atom stereocenters. The Kier molecular flexibility index (Phi) is 10.8. The third kappa shape index (κ3) is 9.92. The van der Waals surface area contributed by atoms with Crippen LogP contribution in [0.2, 0.25) is 0 Å². The van der Waals surface area contributed by atoms with E-state index in [0.717, 1.165) is 32.5 Å². The van der Waals surface area contributed by atoms with Crippen molar-refractivity contribution in [3.05, 3.63) is 0 Å². The van der Waals surface area contributed by atoms with Crippen LogP contribution in [0.4, 0.5) is 0 Å². The van der Waals surface area contributed by atoms with Crippen molar-refractivity contribution in [1.29, 1.82) is 0 Å². The van der Waals surface area contributed by atoms with Gasteiger partial charge >= 0.3 is 0 Å². The summed E-state index contributed by atoms with van der Waals surface area (Å²) in [5, 5.41) is 8.51. The molecule has 0 radical (unpaired) electrons. The van der Waals surface area contributed by atoms with E-state index in [0.29, 0.717) is 6.61 Å². The summed E-state index contributed by atoms with van der Waals surface area (Å²) < 4.78 is 5.39. The van der Waals surface area contributed by atoms with Crippen molar-refractivity contribution >= 4 is 0 Å². The van der Waals surface area contributed by atoms with E-state index in [-0.39, 0.29) is 0 Å². The number of ether oxygens (including phenoxy) is 1. The first-order chi connectivity index (χ1) is 5.91. The molecule has 0 aromatic carbocycles. The Hall–Kier alpha value is -0.0800. The van der Waals surface area contributed by atoms with E-state index in [1.54, 1.807) is 0 Å². The summed E-state index contributed by atoms with van der Waals surface area (Å²) in [6.45, 7) is 4.31. The second kappa shape index (κ2) is 10.9. The fraction of sp³-hybridized carbons (Fsp3) is 1.00. The van der Waals surface area contributed by atoms with Crippen molar-refractivity contribution < 1.29 is 9.84 Å². The average molecular weight is 174 g/mol. The van der Waals surface area contributed by atoms with Gasteiger partial charge < -0.3 is 9.84 Å². The summed E-state index contributed by atoms with van der Waals surface area (Å²) in [7, 11) is 0. The van der Waals surface area contributed by atoms with Gasteiger partial charge in [-0.1, -0.05) is 26.2 Å².